The number of hydrogen-bond donors (Lipinski definition) is 0. The molecular formula is C17H22NO4PS. The van der Waals surface area contributed by atoms with Gasteiger partial charge < -0.3 is 9.36 Å². The third-order valence-corrected chi connectivity index (χ3v) is 7.11. The Morgan fingerprint density at radius 2 is 2.00 bits per heavy atom. The van der Waals surface area contributed by atoms with Crippen LogP contribution in [-0.4, -0.2) is 25.7 Å². The number of hydrogen-bond acceptors (Lipinski definition) is 6. The van der Waals surface area contributed by atoms with Crippen LogP contribution in [0.2, 0.25) is 0 Å². The van der Waals surface area contributed by atoms with Crippen molar-refractivity contribution < 1.29 is 18.5 Å². The highest BCUT2D eigenvalue weighted by atomic mass is 32.7. The normalized spacial score (nSPS) is 14.0. The molecule has 5 nitrogen and oxygen atoms in total. The van der Waals surface area contributed by atoms with Gasteiger partial charge in [-0.15, -0.1) is 0 Å². The van der Waals surface area contributed by atoms with Gasteiger partial charge in [0.2, 0.25) is 0 Å². The topological polar surface area (TPSA) is 57.1 Å². The van der Waals surface area contributed by atoms with Gasteiger partial charge in [0.15, 0.2) is 0 Å². The largest absolute Gasteiger partial charge is 0.440 e. The second kappa shape index (κ2) is 9.11. The Balaban J connectivity index is 2.46. The van der Waals surface area contributed by atoms with Gasteiger partial charge in [-0.2, -0.15) is 0 Å². The van der Waals surface area contributed by atoms with E-state index >= 15 is 0 Å². The van der Waals surface area contributed by atoms with Gasteiger partial charge in [-0.3, -0.25) is 4.52 Å². The standard InChI is InChI=1S/C17H22NO4PS/c1-4-12-24-23(19,21-5-2)22-17-11-10-14-8-6-7-9-15(14)16(17)13-18-20-3/h6-11,13H,4-5,12H2,1-3H3. The molecule has 0 aliphatic heterocycles. The van der Waals surface area contributed by atoms with E-state index in [0.717, 1.165) is 17.2 Å². The maximum atomic E-state index is 12.9. The van der Waals surface area contributed by atoms with Crippen molar-refractivity contribution in [2.24, 2.45) is 5.16 Å². The third-order valence-electron chi connectivity index (χ3n) is 3.17. The van der Waals surface area contributed by atoms with E-state index in [4.69, 9.17) is 13.9 Å². The Labute approximate surface area is 146 Å². The summed E-state index contributed by atoms with van der Waals surface area (Å²) >= 11 is 1.22. The molecule has 0 fully saturated rings. The highest BCUT2D eigenvalue weighted by Crippen LogP contribution is 2.60. The van der Waals surface area contributed by atoms with Gasteiger partial charge in [-0.05, 0) is 41.6 Å². The highest BCUT2D eigenvalue weighted by Gasteiger charge is 2.27. The number of benzene rings is 2. The van der Waals surface area contributed by atoms with Crippen LogP contribution < -0.4 is 4.52 Å². The summed E-state index contributed by atoms with van der Waals surface area (Å²) in [4.78, 5) is 4.80. The van der Waals surface area contributed by atoms with E-state index in [1.54, 1.807) is 19.2 Å². The van der Waals surface area contributed by atoms with Crippen LogP contribution in [0, 0.1) is 0 Å². The fraction of sp³-hybridized carbons (Fsp3) is 0.353. The minimum Gasteiger partial charge on any atom is -0.416 e. The summed E-state index contributed by atoms with van der Waals surface area (Å²) in [5.74, 6) is 1.17. The molecule has 0 saturated carbocycles. The molecule has 0 spiro atoms. The van der Waals surface area contributed by atoms with Crippen LogP contribution >= 0.6 is 18.2 Å². The highest BCUT2D eigenvalue weighted by molar-refractivity contribution is 8.55. The van der Waals surface area contributed by atoms with E-state index in [1.165, 1.54) is 18.5 Å². The van der Waals surface area contributed by atoms with E-state index in [-0.39, 0.29) is 0 Å². The molecule has 0 saturated heterocycles. The predicted octanol–water partition coefficient (Wildman–Crippen LogP) is 5.49. The zero-order valence-electron chi connectivity index (χ0n) is 14.1. The minimum absolute atomic E-state index is 0.322. The lowest BCUT2D eigenvalue weighted by Crippen LogP contribution is -1.99. The molecule has 2 aromatic rings. The zero-order valence-corrected chi connectivity index (χ0v) is 15.8. The molecule has 0 aliphatic carbocycles. The molecule has 7 heteroatoms. The first-order valence-electron chi connectivity index (χ1n) is 7.80. The fourth-order valence-corrected chi connectivity index (χ4v) is 5.63. The van der Waals surface area contributed by atoms with Crippen LogP contribution in [0.5, 0.6) is 5.75 Å². The predicted molar refractivity (Wildman–Crippen MR) is 101 cm³/mol. The van der Waals surface area contributed by atoms with Crippen molar-refractivity contribution in [1.29, 1.82) is 0 Å². The van der Waals surface area contributed by atoms with E-state index in [0.29, 0.717) is 23.7 Å². The molecule has 0 bridgehead atoms. The van der Waals surface area contributed by atoms with Crippen molar-refractivity contribution in [1.82, 2.24) is 0 Å². The van der Waals surface area contributed by atoms with Crippen molar-refractivity contribution in [2.75, 3.05) is 19.5 Å². The Kier molecular flexibility index (Phi) is 7.16. The van der Waals surface area contributed by atoms with Crippen LogP contribution in [-0.2, 0) is 13.9 Å². The van der Waals surface area contributed by atoms with Crippen molar-refractivity contribution >= 4 is 35.2 Å². The molecule has 0 aromatic heterocycles. The first kappa shape index (κ1) is 18.8. The molecule has 0 heterocycles. The van der Waals surface area contributed by atoms with Crippen molar-refractivity contribution in [3.8, 4) is 5.75 Å². The van der Waals surface area contributed by atoms with Crippen molar-refractivity contribution in [2.45, 2.75) is 20.3 Å². The number of oxime groups is 1. The zero-order chi connectivity index (χ0) is 17.4. The van der Waals surface area contributed by atoms with Crippen LogP contribution in [0.3, 0.4) is 0 Å². The Morgan fingerprint density at radius 1 is 1.21 bits per heavy atom. The van der Waals surface area contributed by atoms with Crippen LogP contribution in [0.25, 0.3) is 10.8 Å². The van der Waals surface area contributed by atoms with Crippen LogP contribution in [0.15, 0.2) is 41.6 Å². The van der Waals surface area contributed by atoms with E-state index in [1.807, 2.05) is 37.3 Å². The monoisotopic (exact) mass is 367 g/mol. The van der Waals surface area contributed by atoms with Gasteiger partial charge in [0, 0.05) is 11.3 Å². The summed E-state index contributed by atoms with van der Waals surface area (Å²) in [6.07, 6.45) is 2.46. The summed E-state index contributed by atoms with van der Waals surface area (Å²) in [6.45, 7) is 0.867. The van der Waals surface area contributed by atoms with Crippen LogP contribution in [0.1, 0.15) is 25.8 Å². The van der Waals surface area contributed by atoms with Crippen molar-refractivity contribution in [3.05, 3.63) is 42.0 Å². The second-order valence-corrected chi connectivity index (χ2v) is 9.02. The van der Waals surface area contributed by atoms with Crippen LogP contribution in [0.4, 0.5) is 0 Å². The van der Waals surface area contributed by atoms with Gasteiger partial charge in [0.25, 0.3) is 0 Å². The van der Waals surface area contributed by atoms with Gasteiger partial charge in [0.05, 0.1) is 12.8 Å². The molecule has 0 amide bonds. The molecule has 0 N–H and O–H groups in total. The summed E-state index contributed by atoms with van der Waals surface area (Å²) in [5.41, 5.74) is 0.715. The van der Waals surface area contributed by atoms with Gasteiger partial charge in [-0.25, -0.2) is 4.57 Å². The Hall–Kier alpha value is -1.49. The lowest BCUT2D eigenvalue weighted by atomic mass is 10.0. The average Bonchev–Trinajstić information content (AvgIpc) is 2.59. The number of rotatable bonds is 9. The summed E-state index contributed by atoms with van der Waals surface area (Å²) in [6, 6.07) is 11.6. The molecule has 1 unspecified atom stereocenters. The SMILES string of the molecule is CCCSP(=O)(OCC)Oc1ccc2ccccc2c1C=NOC. The first-order chi connectivity index (χ1) is 11.6. The summed E-state index contributed by atoms with van der Waals surface area (Å²) in [5, 5.41) is 5.83. The average molecular weight is 367 g/mol. The molecule has 2 rings (SSSR count). The lowest BCUT2D eigenvalue weighted by Gasteiger charge is -2.19. The second-order valence-electron chi connectivity index (χ2n) is 4.91. The third kappa shape index (κ3) is 4.76. The molecule has 2 aromatic carbocycles. The Bertz CT molecular complexity index is 750. The molecule has 0 aliphatic rings. The molecule has 1 atom stereocenters. The smallest absolute Gasteiger partial charge is 0.416 e. The number of fused-ring (bicyclic) bond motifs is 1. The maximum absolute atomic E-state index is 12.9. The van der Waals surface area contributed by atoms with Gasteiger partial charge >= 0.3 is 6.80 Å². The maximum Gasteiger partial charge on any atom is 0.440 e. The van der Waals surface area contributed by atoms with Gasteiger partial charge in [-0.1, -0.05) is 42.4 Å². The number of nitrogens with zero attached hydrogens (tertiary/aromatic N) is 1. The molecule has 0 radical (unpaired) electrons. The van der Waals surface area contributed by atoms with E-state index in [9.17, 15) is 4.57 Å². The summed E-state index contributed by atoms with van der Waals surface area (Å²) < 4.78 is 24.2. The quantitative estimate of drug-likeness (QED) is 0.333. The summed E-state index contributed by atoms with van der Waals surface area (Å²) in [7, 11) is 1.48. The van der Waals surface area contributed by atoms with E-state index < -0.39 is 6.80 Å². The Morgan fingerprint density at radius 3 is 2.71 bits per heavy atom. The first-order valence-corrected chi connectivity index (χ1v) is 10.9. The molecule has 24 heavy (non-hydrogen) atoms. The van der Waals surface area contributed by atoms with E-state index in [2.05, 4.69) is 5.16 Å². The molecular weight excluding hydrogens is 345 g/mol. The lowest BCUT2D eigenvalue weighted by molar-refractivity contribution is 0.215. The molecule has 130 valence electrons. The minimum atomic E-state index is -3.28. The van der Waals surface area contributed by atoms with Crippen molar-refractivity contribution in [3.63, 3.8) is 0 Å². The fourth-order valence-electron chi connectivity index (χ4n) is 2.17. The van der Waals surface area contributed by atoms with Gasteiger partial charge in [0.1, 0.15) is 12.9 Å².